The van der Waals surface area contributed by atoms with Crippen LogP contribution in [0.4, 0.5) is 15.8 Å². The summed E-state index contributed by atoms with van der Waals surface area (Å²) in [5.41, 5.74) is 6.37. The van der Waals surface area contributed by atoms with Gasteiger partial charge in [0.05, 0.1) is 5.69 Å². The Kier molecular flexibility index (Phi) is 5.16. The lowest BCUT2D eigenvalue weighted by atomic mass is 10.3. The maximum atomic E-state index is 13.1. The molecule has 0 heterocycles. The quantitative estimate of drug-likeness (QED) is 0.442. The van der Waals surface area contributed by atoms with Gasteiger partial charge < -0.3 is 5.73 Å². The van der Waals surface area contributed by atoms with E-state index in [1.807, 2.05) is 22.6 Å². The number of nitrogen functional groups attached to an aromatic ring is 1. The first-order valence-electron chi connectivity index (χ1n) is 5.43. The molecule has 9 heteroatoms. The first-order valence-corrected chi connectivity index (χ1v) is 9.58. The Morgan fingerprint density at radius 3 is 2.24 bits per heavy atom. The lowest BCUT2D eigenvalue weighted by Crippen LogP contribution is -2.15. The summed E-state index contributed by atoms with van der Waals surface area (Å²) >= 11 is 8.23. The first kappa shape index (κ1) is 17.0. The van der Waals surface area contributed by atoms with E-state index in [1.165, 1.54) is 30.3 Å². The Balaban J connectivity index is 2.48. The molecule has 3 N–H and O–H groups in total. The summed E-state index contributed by atoms with van der Waals surface area (Å²) in [6.07, 6.45) is 0. The third kappa shape index (κ3) is 3.88. The summed E-state index contributed by atoms with van der Waals surface area (Å²) in [7, 11) is -3.85. The molecule has 21 heavy (non-hydrogen) atoms. The van der Waals surface area contributed by atoms with Crippen LogP contribution < -0.4 is 10.5 Å². The smallest absolute Gasteiger partial charge is 0.264 e. The van der Waals surface area contributed by atoms with Crippen molar-refractivity contribution in [2.24, 2.45) is 0 Å². The molecule has 0 saturated heterocycles. The zero-order valence-corrected chi connectivity index (χ0v) is 16.3. The topological polar surface area (TPSA) is 72.2 Å². The Bertz CT molecular complexity index is 792. The monoisotopic (exact) mass is 548 g/mol. The molecule has 0 aliphatic carbocycles. The van der Waals surface area contributed by atoms with Crippen LogP contribution in [0.2, 0.25) is 0 Å². The van der Waals surface area contributed by atoms with Gasteiger partial charge in [0.15, 0.2) is 0 Å². The van der Waals surface area contributed by atoms with E-state index >= 15 is 0 Å². The molecule has 0 bridgehead atoms. The minimum Gasteiger partial charge on any atom is -0.399 e. The molecular formula is C12H8Br2FIN2O2S. The van der Waals surface area contributed by atoms with Gasteiger partial charge in [-0.05, 0) is 84.8 Å². The van der Waals surface area contributed by atoms with E-state index in [0.29, 0.717) is 23.9 Å². The van der Waals surface area contributed by atoms with E-state index in [0.717, 1.165) is 0 Å². The standard InChI is InChI=1S/C12H8Br2FIN2O2S/c13-8-4-7(17)5-9(14)12(8)21(19,20)18-11-2-1-6(15)3-10(11)16/h1-5,18H,17H2. The summed E-state index contributed by atoms with van der Waals surface area (Å²) in [6, 6.07) is 6.79. The van der Waals surface area contributed by atoms with Crippen LogP contribution in [-0.4, -0.2) is 8.42 Å². The van der Waals surface area contributed by atoms with E-state index in [2.05, 4.69) is 36.6 Å². The van der Waals surface area contributed by atoms with Gasteiger partial charge in [0, 0.05) is 18.2 Å². The van der Waals surface area contributed by atoms with Crippen molar-refractivity contribution in [2.75, 3.05) is 10.5 Å². The first-order chi connectivity index (χ1) is 9.70. The highest BCUT2D eigenvalue weighted by Gasteiger charge is 2.22. The fourth-order valence-corrected chi connectivity index (χ4v) is 6.10. The largest absolute Gasteiger partial charge is 0.399 e. The minimum absolute atomic E-state index is 0.0248. The second-order valence-corrected chi connectivity index (χ2v) is 8.53. The van der Waals surface area contributed by atoms with Crippen LogP contribution in [0.3, 0.4) is 0 Å². The Labute approximate surface area is 151 Å². The molecule has 0 aromatic heterocycles. The molecular weight excluding hydrogens is 542 g/mol. The van der Waals surface area contributed by atoms with Crippen molar-refractivity contribution >= 4 is 75.8 Å². The van der Waals surface area contributed by atoms with E-state index in [9.17, 15) is 12.8 Å². The summed E-state index contributed by atoms with van der Waals surface area (Å²) in [5, 5.41) is 0. The SMILES string of the molecule is Nc1cc(Br)c(S(=O)(=O)Nc2ccc(F)cc2I)c(Br)c1. The van der Waals surface area contributed by atoms with Gasteiger partial charge in [0.1, 0.15) is 10.7 Å². The normalized spacial score (nSPS) is 11.4. The summed E-state index contributed by atoms with van der Waals surface area (Å²) < 4.78 is 41.6. The van der Waals surface area contributed by atoms with Crippen molar-refractivity contribution in [2.45, 2.75) is 4.90 Å². The highest BCUT2D eigenvalue weighted by molar-refractivity contribution is 14.1. The summed E-state index contributed by atoms with van der Waals surface area (Å²) in [5.74, 6) is -0.433. The van der Waals surface area contributed by atoms with Gasteiger partial charge in [-0.25, -0.2) is 12.8 Å². The number of sulfonamides is 1. The van der Waals surface area contributed by atoms with Crippen molar-refractivity contribution in [1.82, 2.24) is 0 Å². The number of benzene rings is 2. The lowest BCUT2D eigenvalue weighted by molar-refractivity contribution is 0.600. The predicted molar refractivity (Wildman–Crippen MR) is 96.2 cm³/mol. The number of hydrogen-bond acceptors (Lipinski definition) is 3. The third-order valence-corrected chi connectivity index (χ3v) is 6.60. The molecule has 2 aromatic rings. The molecule has 0 saturated carbocycles. The second-order valence-electron chi connectivity index (χ2n) is 4.04. The number of nitrogens with two attached hydrogens (primary N) is 1. The van der Waals surface area contributed by atoms with Crippen LogP contribution in [0.25, 0.3) is 0 Å². The molecule has 0 amide bonds. The van der Waals surface area contributed by atoms with Crippen LogP contribution in [0.15, 0.2) is 44.2 Å². The third-order valence-electron chi connectivity index (χ3n) is 2.46. The average Bonchev–Trinajstić information content (AvgIpc) is 2.30. The Morgan fingerprint density at radius 1 is 1.14 bits per heavy atom. The van der Waals surface area contributed by atoms with Gasteiger partial charge in [-0.3, -0.25) is 4.72 Å². The molecule has 112 valence electrons. The minimum atomic E-state index is -3.85. The van der Waals surface area contributed by atoms with Crippen LogP contribution in [-0.2, 0) is 10.0 Å². The van der Waals surface area contributed by atoms with Crippen molar-refractivity contribution < 1.29 is 12.8 Å². The van der Waals surface area contributed by atoms with Gasteiger partial charge in [0.25, 0.3) is 10.0 Å². The lowest BCUT2D eigenvalue weighted by Gasteiger charge is -2.13. The fraction of sp³-hybridized carbons (Fsp3) is 0. The highest BCUT2D eigenvalue weighted by Crippen LogP contribution is 2.34. The molecule has 0 spiro atoms. The van der Waals surface area contributed by atoms with Gasteiger partial charge in [-0.2, -0.15) is 0 Å². The molecule has 2 rings (SSSR count). The summed E-state index contributed by atoms with van der Waals surface area (Å²) in [6.45, 7) is 0. The van der Waals surface area contributed by atoms with E-state index < -0.39 is 15.8 Å². The fourth-order valence-electron chi connectivity index (χ4n) is 1.60. The van der Waals surface area contributed by atoms with Crippen molar-refractivity contribution in [3.8, 4) is 0 Å². The number of halogens is 4. The van der Waals surface area contributed by atoms with E-state index in [-0.39, 0.29) is 4.90 Å². The molecule has 2 aromatic carbocycles. The molecule has 4 nitrogen and oxygen atoms in total. The number of anilines is 2. The van der Waals surface area contributed by atoms with Gasteiger partial charge >= 0.3 is 0 Å². The summed E-state index contributed by atoms with van der Waals surface area (Å²) in [4.78, 5) is 0.0248. The zero-order chi connectivity index (χ0) is 15.8. The van der Waals surface area contributed by atoms with Gasteiger partial charge in [0.2, 0.25) is 0 Å². The molecule has 0 radical (unpaired) electrons. The van der Waals surface area contributed by atoms with Crippen LogP contribution in [0.5, 0.6) is 0 Å². The molecule has 0 unspecified atom stereocenters. The molecule has 0 aliphatic heterocycles. The van der Waals surface area contributed by atoms with Crippen molar-refractivity contribution in [1.29, 1.82) is 0 Å². The molecule has 0 fully saturated rings. The van der Waals surface area contributed by atoms with Crippen LogP contribution >= 0.6 is 54.5 Å². The molecule has 0 atom stereocenters. The number of rotatable bonds is 3. The predicted octanol–water partition coefficient (Wildman–Crippen LogP) is 4.34. The van der Waals surface area contributed by atoms with Crippen LogP contribution in [0.1, 0.15) is 0 Å². The number of nitrogens with one attached hydrogen (secondary N) is 1. The van der Waals surface area contributed by atoms with Crippen LogP contribution in [0, 0.1) is 9.39 Å². The molecule has 0 aliphatic rings. The second kappa shape index (κ2) is 6.39. The highest BCUT2D eigenvalue weighted by atomic mass is 127. The number of hydrogen-bond donors (Lipinski definition) is 2. The maximum Gasteiger partial charge on any atom is 0.264 e. The van der Waals surface area contributed by atoms with Crippen molar-refractivity contribution in [3.05, 3.63) is 48.7 Å². The average molecular weight is 550 g/mol. The maximum absolute atomic E-state index is 13.1. The van der Waals surface area contributed by atoms with E-state index in [1.54, 1.807) is 0 Å². The Morgan fingerprint density at radius 2 is 1.71 bits per heavy atom. The van der Waals surface area contributed by atoms with Crippen molar-refractivity contribution in [3.63, 3.8) is 0 Å². The Hall–Kier alpha value is -0.390. The van der Waals surface area contributed by atoms with Gasteiger partial charge in [-0.15, -0.1) is 0 Å². The zero-order valence-electron chi connectivity index (χ0n) is 10.2. The van der Waals surface area contributed by atoms with E-state index in [4.69, 9.17) is 5.73 Å². The van der Waals surface area contributed by atoms with Gasteiger partial charge in [-0.1, -0.05) is 0 Å².